The Kier molecular flexibility index (Phi) is 5.64. The van der Waals surface area contributed by atoms with E-state index in [1.807, 2.05) is 17.7 Å². The van der Waals surface area contributed by atoms with Gasteiger partial charge in [0.1, 0.15) is 17.3 Å². The number of nitrogens with one attached hydrogen (secondary N) is 2. The maximum absolute atomic E-state index is 11.3. The van der Waals surface area contributed by atoms with Crippen LogP contribution in [0.1, 0.15) is 58.7 Å². The number of carbonyl (C=O) groups is 1. The van der Waals surface area contributed by atoms with Gasteiger partial charge < -0.3 is 24.7 Å². The molecule has 6 rings (SSSR count). The van der Waals surface area contributed by atoms with Crippen molar-refractivity contribution < 1.29 is 14.3 Å². The van der Waals surface area contributed by atoms with Gasteiger partial charge in [-0.3, -0.25) is 9.48 Å². The van der Waals surface area contributed by atoms with Gasteiger partial charge in [0.15, 0.2) is 11.5 Å². The third-order valence-corrected chi connectivity index (χ3v) is 7.15. The highest BCUT2D eigenvalue weighted by molar-refractivity contribution is 5.87. The Morgan fingerprint density at radius 3 is 2.71 bits per heavy atom. The SMILES string of the molecule is CC(=O)Nc1cc(Oc2cnc3nc(Nc4cc(C(C)(C)C)n([C@@H]5CCOC56CC6)n4)n(C)c3c2)ccn1. The minimum Gasteiger partial charge on any atom is -0.455 e. The van der Waals surface area contributed by atoms with Crippen LogP contribution in [0.15, 0.2) is 36.7 Å². The van der Waals surface area contributed by atoms with E-state index in [-0.39, 0.29) is 23.0 Å². The van der Waals surface area contributed by atoms with Crippen molar-refractivity contribution in [3.05, 3.63) is 42.4 Å². The van der Waals surface area contributed by atoms with E-state index in [0.717, 1.165) is 37.2 Å². The fourth-order valence-electron chi connectivity index (χ4n) is 5.12. The molecule has 1 aliphatic carbocycles. The predicted molar refractivity (Wildman–Crippen MR) is 143 cm³/mol. The van der Waals surface area contributed by atoms with Crippen molar-refractivity contribution in [2.75, 3.05) is 17.2 Å². The van der Waals surface area contributed by atoms with Crippen molar-refractivity contribution in [3.63, 3.8) is 0 Å². The van der Waals surface area contributed by atoms with Crippen molar-refractivity contribution in [2.45, 2.75) is 64.0 Å². The van der Waals surface area contributed by atoms with Gasteiger partial charge in [-0.1, -0.05) is 20.8 Å². The standard InChI is InChI=1S/C27H32N8O3/c1-16(36)30-22-13-17(6-10-28-22)38-18-12-19-24(29-15-18)32-25(34(19)5)31-23-14-21(26(2,3)4)35(33-23)20-7-11-37-27(20)8-9-27/h6,10,12-15,20H,7-9,11H2,1-5H3,(H,28,30,36)(H,29,31,32,33)/t20-/m1/s1. The molecule has 1 atom stereocenters. The van der Waals surface area contributed by atoms with Crippen LogP contribution in [-0.4, -0.2) is 47.4 Å². The van der Waals surface area contributed by atoms with Crippen molar-refractivity contribution in [1.82, 2.24) is 29.3 Å². The van der Waals surface area contributed by atoms with Gasteiger partial charge in [0, 0.05) is 56.1 Å². The Morgan fingerprint density at radius 1 is 1.16 bits per heavy atom. The highest BCUT2D eigenvalue weighted by Gasteiger charge is 2.56. The van der Waals surface area contributed by atoms with Gasteiger partial charge in [0.2, 0.25) is 11.9 Å². The maximum Gasteiger partial charge on any atom is 0.222 e. The van der Waals surface area contributed by atoms with Crippen LogP contribution in [0.5, 0.6) is 11.5 Å². The molecule has 1 saturated carbocycles. The average molecular weight is 517 g/mol. The molecule has 1 amide bonds. The summed E-state index contributed by atoms with van der Waals surface area (Å²) in [6, 6.07) is 7.63. The van der Waals surface area contributed by atoms with Gasteiger partial charge >= 0.3 is 0 Å². The number of ether oxygens (including phenoxy) is 2. The lowest BCUT2D eigenvalue weighted by Gasteiger charge is -2.26. The number of aryl methyl sites for hydroxylation is 1. The molecule has 1 spiro atoms. The van der Waals surface area contributed by atoms with Crippen LogP contribution in [-0.2, 0) is 22.0 Å². The van der Waals surface area contributed by atoms with Crippen molar-refractivity contribution in [1.29, 1.82) is 0 Å². The first kappa shape index (κ1) is 24.4. The Balaban J connectivity index is 1.27. The number of amides is 1. The molecule has 5 heterocycles. The molecule has 38 heavy (non-hydrogen) atoms. The van der Waals surface area contributed by atoms with E-state index in [1.165, 1.54) is 12.6 Å². The van der Waals surface area contributed by atoms with E-state index in [4.69, 9.17) is 19.6 Å². The number of hydrogen-bond donors (Lipinski definition) is 2. The molecule has 1 saturated heterocycles. The first-order chi connectivity index (χ1) is 18.1. The van der Waals surface area contributed by atoms with Gasteiger partial charge in [0.25, 0.3) is 0 Å². The summed E-state index contributed by atoms with van der Waals surface area (Å²) < 4.78 is 16.2. The minimum atomic E-state index is -0.198. The number of imidazole rings is 1. The van der Waals surface area contributed by atoms with Crippen LogP contribution >= 0.6 is 0 Å². The number of carbonyl (C=O) groups excluding carboxylic acids is 1. The molecule has 11 nitrogen and oxygen atoms in total. The van der Waals surface area contributed by atoms with Crippen LogP contribution < -0.4 is 15.4 Å². The topological polar surface area (TPSA) is 121 Å². The monoisotopic (exact) mass is 516 g/mol. The Morgan fingerprint density at radius 2 is 1.97 bits per heavy atom. The van der Waals surface area contributed by atoms with Gasteiger partial charge in [-0.05, 0) is 25.3 Å². The molecule has 4 aromatic rings. The summed E-state index contributed by atoms with van der Waals surface area (Å²) in [7, 11) is 1.93. The summed E-state index contributed by atoms with van der Waals surface area (Å²) in [4.78, 5) is 24.7. The van der Waals surface area contributed by atoms with E-state index >= 15 is 0 Å². The van der Waals surface area contributed by atoms with Crippen LogP contribution in [0.2, 0.25) is 0 Å². The summed E-state index contributed by atoms with van der Waals surface area (Å²) >= 11 is 0. The largest absolute Gasteiger partial charge is 0.455 e. The maximum atomic E-state index is 11.3. The van der Waals surface area contributed by atoms with E-state index < -0.39 is 0 Å². The molecule has 198 valence electrons. The second kappa shape index (κ2) is 8.80. The molecule has 0 bridgehead atoms. The quantitative estimate of drug-likeness (QED) is 0.373. The van der Waals surface area contributed by atoms with Crippen molar-refractivity contribution >= 4 is 34.7 Å². The molecule has 0 radical (unpaired) electrons. The summed E-state index contributed by atoms with van der Waals surface area (Å²) in [5, 5.41) is 11.1. The fourth-order valence-corrected chi connectivity index (χ4v) is 5.12. The molecule has 0 aromatic carbocycles. The summed E-state index contributed by atoms with van der Waals surface area (Å²) in [6.45, 7) is 8.85. The third-order valence-electron chi connectivity index (χ3n) is 7.15. The van der Waals surface area contributed by atoms with E-state index in [0.29, 0.717) is 28.9 Å². The Hall–Kier alpha value is -3.99. The third kappa shape index (κ3) is 4.47. The lowest BCUT2D eigenvalue weighted by molar-refractivity contribution is -0.114. The van der Waals surface area contributed by atoms with Gasteiger partial charge in [-0.15, -0.1) is 0 Å². The Bertz CT molecular complexity index is 1530. The Labute approximate surface area is 220 Å². The summed E-state index contributed by atoms with van der Waals surface area (Å²) in [5.41, 5.74) is 2.45. The van der Waals surface area contributed by atoms with Crippen molar-refractivity contribution in [3.8, 4) is 11.5 Å². The molecule has 11 heteroatoms. The molecule has 2 N–H and O–H groups in total. The zero-order chi connectivity index (χ0) is 26.7. The van der Waals surface area contributed by atoms with E-state index in [2.05, 4.69) is 52.1 Å². The molecule has 4 aromatic heterocycles. The molecule has 2 fully saturated rings. The summed E-state index contributed by atoms with van der Waals surface area (Å²) in [6.07, 6.45) is 6.37. The molecule has 0 unspecified atom stereocenters. The number of anilines is 3. The van der Waals surface area contributed by atoms with Gasteiger partial charge in [-0.25, -0.2) is 9.97 Å². The summed E-state index contributed by atoms with van der Waals surface area (Å²) in [5.74, 6) is 2.68. The van der Waals surface area contributed by atoms with Crippen LogP contribution in [0.4, 0.5) is 17.6 Å². The zero-order valence-electron chi connectivity index (χ0n) is 22.3. The second-order valence-corrected chi connectivity index (χ2v) is 11.1. The lowest BCUT2D eigenvalue weighted by atomic mass is 9.91. The van der Waals surface area contributed by atoms with Gasteiger partial charge in [0.05, 0.1) is 23.4 Å². The zero-order valence-corrected chi connectivity index (χ0v) is 22.3. The molecule has 2 aliphatic rings. The number of hydrogen-bond acceptors (Lipinski definition) is 8. The second-order valence-electron chi connectivity index (χ2n) is 11.1. The molecular weight excluding hydrogens is 484 g/mol. The van der Waals surface area contributed by atoms with Gasteiger partial charge in [-0.2, -0.15) is 10.1 Å². The van der Waals surface area contributed by atoms with E-state index in [9.17, 15) is 4.79 Å². The number of fused-ring (bicyclic) bond motifs is 1. The first-order valence-electron chi connectivity index (χ1n) is 12.9. The normalized spacial score (nSPS) is 18.2. The number of aromatic nitrogens is 6. The minimum absolute atomic E-state index is 0.0424. The van der Waals surface area contributed by atoms with Crippen molar-refractivity contribution in [2.24, 2.45) is 7.05 Å². The molecule has 1 aliphatic heterocycles. The highest BCUT2D eigenvalue weighted by Crippen LogP contribution is 2.54. The van der Waals surface area contributed by atoms with E-state index in [1.54, 1.807) is 24.5 Å². The lowest BCUT2D eigenvalue weighted by Crippen LogP contribution is -2.28. The predicted octanol–water partition coefficient (Wildman–Crippen LogP) is 4.85. The molecular formula is C27H32N8O3. The smallest absolute Gasteiger partial charge is 0.222 e. The first-order valence-corrected chi connectivity index (χ1v) is 12.9. The average Bonchev–Trinajstić information content (AvgIpc) is 3.16. The number of nitrogens with zero attached hydrogens (tertiary/aromatic N) is 6. The van der Waals surface area contributed by atoms with Crippen LogP contribution in [0.3, 0.4) is 0 Å². The van der Waals surface area contributed by atoms with Crippen LogP contribution in [0, 0.1) is 0 Å². The number of rotatable bonds is 6. The highest BCUT2D eigenvalue weighted by atomic mass is 16.5. The fraction of sp³-hybridized carbons (Fsp3) is 0.444. The van der Waals surface area contributed by atoms with Crippen LogP contribution in [0.25, 0.3) is 11.2 Å². The number of pyridine rings is 2.